The van der Waals surface area contributed by atoms with E-state index in [1.807, 2.05) is 0 Å². The molecule has 114 valence electrons. The van der Waals surface area contributed by atoms with Crippen LogP contribution in [0.1, 0.15) is 37.7 Å². The minimum absolute atomic E-state index is 0.352. The third-order valence-corrected chi connectivity index (χ3v) is 3.89. The standard InChI is InChI=1S/C15H19FN2O3/c1-10-9-11(5-6-12(10)16)17-14(21)18-15(13(19)20)7-3-2-4-8-15/h5-6,9H,2-4,7-8H2,1H3,(H,19,20)(H2,17,18,21). The molecule has 0 heterocycles. The molecule has 1 aromatic carbocycles. The average Bonchev–Trinajstić information content (AvgIpc) is 2.43. The Morgan fingerprint density at radius 2 is 1.90 bits per heavy atom. The number of carboxylic acid groups (broad SMARTS) is 1. The van der Waals surface area contributed by atoms with Gasteiger partial charge in [-0.3, -0.25) is 0 Å². The van der Waals surface area contributed by atoms with Gasteiger partial charge in [-0.15, -0.1) is 0 Å². The van der Waals surface area contributed by atoms with Crippen LogP contribution in [0.4, 0.5) is 14.9 Å². The van der Waals surface area contributed by atoms with E-state index in [2.05, 4.69) is 10.6 Å². The lowest BCUT2D eigenvalue weighted by molar-refractivity contribution is -0.145. The molecule has 1 saturated carbocycles. The Hall–Kier alpha value is -2.11. The van der Waals surface area contributed by atoms with E-state index in [1.165, 1.54) is 18.2 Å². The van der Waals surface area contributed by atoms with Crippen molar-refractivity contribution in [1.29, 1.82) is 0 Å². The van der Waals surface area contributed by atoms with Crippen LogP contribution in [0.3, 0.4) is 0 Å². The number of carbonyl (C=O) groups excluding carboxylic acids is 1. The highest BCUT2D eigenvalue weighted by Crippen LogP contribution is 2.28. The Bertz CT molecular complexity index is 554. The Morgan fingerprint density at radius 3 is 2.48 bits per heavy atom. The molecular formula is C15H19FN2O3. The van der Waals surface area contributed by atoms with Gasteiger partial charge < -0.3 is 15.7 Å². The number of urea groups is 1. The fourth-order valence-corrected chi connectivity index (χ4v) is 2.65. The predicted molar refractivity (Wildman–Crippen MR) is 76.7 cm³/mol. The molecule has 21 heavy (non-hydrogen) atoms. The van der Waals surface area contributed by atoms with Crippen LogP contribution < -0.4 is 10.6 Å². The molecular weight excluding hydrogens is 275 g/mol. The molecule has 1 aromatic rings. The number of rotatable bonds is 3. The van der Waals surface area contributed by atoms with E-state index >= 15 is 0 Å². The fourth-order valence-electron chi connectivity index (χ4n) is 2.65. The molecule has 0 atom stereocenters. The van der Waals surface area contributed by atoms with Crippen LogP contribution in [-0.4, -0.2) is 22.6 Å². The molecule has 0 aliphatic heterocycles. The second-order valence-electron chi connectivity index (χ2n) is 5.49. The van der Waals surface area contributed by atoms with E-state index in [-0.39, 0.29) is 5.82 Å². The lowest BCUT2D eigenvalue weighted by Crippen LogP contribution is -2.56. The minimum atomic E-state index is -1.20. The van der Waals surface area contributed by atoms with Crippen LogP contribution in [0.25, 0.3) is 0 Å². The second kappa shape index (κ2) is 6.11. The molecule has 5 nitrogen and oxygen atoms in total. The van der Waals surface area contributed by atoms with E-state index in [0.29, 0.717) is 24.1 Å². The van der Waals surface area contributed by atoms with Crippen LogP contribution >= 0.6 is 0 Å². The van der Waals surface area contributed by atoms with Crippen molar-refractivity contribution in [2.24, 2.45) is 0 Å². The molecule has 3 N–H and O–H groups in total. The van der Waals surface area contributed by atoms with Crippen LogP contribution in [0.5, 0.6) is 0 Å². The third kappa shape index (κ3) is 3.51. The average molecular weight is 294 g/mol. The zero-order chi connectivity index (χ0) is 15.5. The van der Waals surface area contributed by atoms with Gasteiger partial charge in [-0.05, 0) is 43.5 Å². The number of carboxylic acids is 1. The summed E-state index contributed by atoms with van der Waals surface area (Å²) in [4.78, 5) is 23.5. The van der Waals surface area contributed by atoms with Crippen molar-refractivity contribution in [3.05, 3.63) is 29.6 Å². The van der Waals surface area contributed by atoms with Gasteiger partial charge in [0.05, 0.1) is 0 Å². The first-order valence-electron chi connectivity index (χ1n) is 7.02. The van der Waals surface area contributed by atoms with Crippen molar-refractivity contribution in [3.63, 3.8) is 0 Å². The Balaban J connectivity index is 2.05. The first-order chi connectivity index (χ1) is 9.93. The highest BCUT2D eigenvalue weighted by atomic mass is 19.1. The zero-order valence-electron chi connectivity index (χ0n) is 11.9. The molecule has 6 heteroatoms. The summed E-state index contributed by atoms with van der Waals surface area (Å²) >= 11 is 0. The van der Waals surface area contributed by atoms with Gasteiger partial charge in [-0.25, -0.2) is 14.0 Å². The molecule has 0 unspecified atom stereocenters. The third-order valence-electron chi connectivity index (χ3n) is 3.89. The number of benzene rings is 1. The highest BCUT2D eigenvalue weighted by molar-refractivity contribution is 5.94. The highest BCUT2D eigenvalue weighted by Gasteiger charge is 2.40. The van der Waals surface area contributed by atoms with Crippen molar-refractivity contribution < 1.29 is 19.1 Å². The summed E-state index contributed by atoms with van der Waals surface area (Å²) < 4.78 is 13.2. The molecule has 2 rings (SSSR count). The topological polar surface area (TPSA) is 78.4 Å². The summed E-state index contributed by atoms with van der Waals surface area (Å²) in [5.74, 6) is -1.36. The van der Waals surface area contributed by atoms with E-state index in [4.69, 9.17) is 0 Å². The van der Waals surface area contributed by atoms with E-state index in [0.717, 1.165) is 19.3 Å². The summed E-state index contributed by atoms with van der Waals surface area (Å²) in [5.41, 5.74) is -0.349. The molecule has 0 radical (unpaired) electrons. The molecule has 0 saturated heterocycles. The lowest BCUT2D eigenvalue weighted by atomic mass is 9.82. The number of aliphatic carboxylic acids is 1. The van der Waals surface area contributed by atoms with Gasteiger partial charge in [0.2, 0.25) is 0 Å². The van der Waals surface area contributed by atoms with Crippen LogP contribution in [0.15, 0.2) is 18.2 Å². The smallest absolute Gasteiger partial charge is 0.329 e. The van der Waals surface area contributed by atoms with Gasteiger partial charge in [0.15, 0.2) is 0 Å². The number of anilines is 1. The van der Waals surface area contributed by atoms with Gasteiger partial charge in [-0.1, -0.05) is 19.3 Å². The number of aryl methyl sites for hydroxylation is 1. The van der Waals surface area contributed by atoms with E-state index in [1.54, 1.807) is 6.92 Å². The minimum Gasteiger partial charge on any atom is -0.480 e. The van der Waals surface area contributed by atoms with Crippen LogP contribution in [0, 0.1) is 12.7 Å². The molecule has 2 amide bonds. The summed E-state index contributed by atoms with van der Waals surface area (Å²) in [7, 11) is 0. The number of hydrogen-bond acceptors (Lipinski definition) is 2. The maximum atomic E-state index is 13.2. The Kier molecular flexibility index (Phi) is 4.45. The Labute approximate surface area is 122 Å². The summed E-state index contributed by atoms with van der Waals surface area (Å²) in [6, 6.07) is 3.63. The first kappa shape index (κ1) is 15.3. The van der Waals surface area contributed by atoms with Crippen molar-refractivity contribution in [3.8, 4) is 0 Å². The SMILES string of the molecule is Cc1cc(NC(=O)NC2(C(=O)O)CCCCC2)ccc1F. The molecule has 0 aromatic heterocycles. The van der Waals surface area contributed by atoms with E-state index in [9.17, 15) is 19.1 Å². The zero-order valence-corrected chi connectivity index (χ0v) is 11.9. The predicted octanol–water partition coefficient (Wildman–Crippen LogP) is 3.04. The monoisotopic (exact) mass is 294 g/mol. The largest absolute Gasteiger partial charge is 0.480 e. The van der Waals surface area contributed by atoms with Gasteiger partial charge >= 0.3 is 12.0 Å². The van der Waals surface area contributed by atoms with Gasteiger partial charge in [0.1, 0.15) is 11.4 Å². The van der Waals surface area contributed by atoms with Crippen molar-refractivity contribution in [1.82, 2.24) is 5.32 Å². The van der Waals surface area contributed by atoms with Gasteiger partial charge in [0, 0.05) is 5.69 Å². The molecule has 1 aliphatic rings. The number of hydrogen-bond donors (Lipinski definition) is 3. The van der Waals surface area contributed by atoms with Gasteiger partial charge in [0.25, 0.3) is 0 Å². The number of nitrogens with one attached hydrogen (secondary N) is 2. The molecule has 0 spiro atoms. The molecule has 0 bridgehead atoms. The van der Waals surface area contributed by atoms with Crippen LogP contribution in [-0.2, 0) is 4.79 Å². The first-order valence-corrected chi connectivity index (χ1v) is 7.02. The molecule has 1 aliphatic carbocycles. The summed E-state index contributed by atoms with van der Waals surface area (Å²) in [6.07, 6.45) is 3.40. The van der Waals surface area contributed by atoms with E-state index < -0.39 is 17.5 Å². The maximum Gasteiger partial charge on any atom is 0.329 e. The lowest BCUT2D eigenvalue weighted by Gasteiger charge is -2.33. The normalized spacial score (nSPS) is 17.0. The Morgan fingerprint density at radius 1 is 1.24 bits per heavy atom. The van der Waals surface area contributed by atoms with Gasteiger partial charge in [-0.2, -0.15) is 0 Å². The second-order valence-corrected chi connectivity index (χ2v) is 5.49. The van der Waals surface area contributed by atoms with Crippen LogP contribution in [0.2, 0.25) is 0 Å². The summed E-state index contributed by atoms with van der Waals surface area (Å²) in [6.45, 7) is 1.60. The number of amides is 2. The van der Waals surface area contributed by atoms with Crippen molar-refractivity contribution in [2.45, 2.75) is 44.6 Å². The number of carbonyl (C=O) groups is 2. The number of halogens is 1. The van der Waals surface area contributed by atoms with Crippen molar-refractivity contribution >= 4 is 17.7 Å². The fraction of sp³-hybridized carbons (Fsp3) is 0.467. The maximum absolute atomic E-state index is 13.2. The molecule has 1 fully saturated rings. The summed E-state index contributed by atoms with van der Waals surface area (Å²) in [5, 5.41) is 14.5. The quantitative estimate of drug-likeness (QED) is 0.801. The van der Waals surface area contributed by atoms with Crippen molar-refractivity contribution in [2.75, 3.05) is 5.32 Å².